The Labute approximate surface area is 153 Å². The second-order valence-corrected chi connectivity index (χ2v) is 8.74. The van der Waals surface area contributed by atoms with Crippen molar-refractivity contribution in [2.24, 2.45) is 7.05 Å². The molecule has 0 spiro atoms. The van der Waals surface area contributed by atoms with Gasteiger partial charge in [0.1, 0.15) is 0 Å². The molecule has 7 nitrogen and oxygen atoms in total. The van der Waals surface area contributed by atoms with Gasteiger partial charge in [-0.05, 0) is 25.0 Å². The molecular weight excluding hydrogens is 352 g/mol. The van der Waals surface area contributed by atoms with Crippen molar-refractivity contribution in [1.29, 1.82) is 0 Å². The van der Waals surface area contributed by atoms with Gasteiger partial charge in [0.25, 0.3) is 5.91 Å². The van der Waals surface area contributed by atoms with Crippen molar-refractivity contribution in [2.45, 2.75) is 30.7 Å². The van der Waals surface area contributed by atoms with E-state index in [0.29, 0.717) is 18.7 Å². The first kappa shape index (κ1) is 17.2. The molecule has 0 bridgehead atoms. The minimum absolute atomic E-state index is 0.0849. The molecule has 0 aliphatic carbocycles. The van der Waals surface area contributed by atoms with E-state index in [1.54, 1.807) is 35.0 Å². The second kappa shape index (κ2) is 6.51. The number of hydrogen-bond donors (Lipinski definition) is 0. The zero-order valence-electron chi connectivity index (χ0n) is 14.8. The Balaban J connectivity index is 1.67. The first-order chi connectivity index (χ1) is 12.5. The number of amides is 1. The predicted molar refractivity (Wildman–Crippen MR) is 96.1 cm³/mol. The van der Waals surface area contributed by atoms with Crippen LogP contribution in [-0.2, 0) is 30.0 Å². The maximum atomic E-state index is 12.9. The van der Waals surface area contributed by atoms with E-state index >= 15 is 0 Å². The number of carbonyl (C=O) groups is 1. The van der Waals surface area contributed by atoms with E-state index in [-0.39, 0.29) is 17.3 Å². The van der Waals surface area contributed by atoms with Crippen LogP contribution < -0.4 is 0 Å². The number of aromatic nitrogens is 2. The van der Waals surface area contributed by atoms with Gasteiger partial charge in [0, 0.05) is 50.9 Å². The third kappa shape index (κ3) is 2.83. The Hall–Kier alpha value is -2.19. The van der Waals surface area contributed by atoms with Crippen molar-refractivity contribution >= 4 is 15.9 Å². The van der Waals surface area contributed by atoms with Gasteiger partial charge in [-0.3, -0.25) is 9.48 Å². The summed E-state index contributed by atoms with van der Waals surface area (Å²) in [5, 5.41) is 4.43. The Kier molecular flexibility index (Phi) is 4.32. The zero-order valence-corrected chi connectivity index (χ0v) is 15.6. The van der Waals surface area contributed by atoms with E-state index in [9.17, 15) is 13.2 Å². The molecule has 0 atom stereocenters. The highest BCUT2D eigenvalue weighted by atomic mass is 32.2. The van der Waals surface area contributed by atoms with E-state index in [2.05, 4.69) is 5.10 Å². The van der Waals surface area contributed by atoms with Crippen LogP contribution in [0.15, 0.2) is 35.2 Å². The lowest BCUT2D eigenvalue weighted by atomic mass is 10.1. The predicted octanol–water partition coefficient (Wildman–Crippen LogP) is 1.40. The molecule has 2 aliphatic rings. The van der Waals surface area contributed by atoms with Crippen molar-refractivity contribution < 1.29 is 13.2 Å². The Morgan fingerprint density at radius 1 is 1.08 bits per heavy atom. The van der Waals surface area contributed by atoms with Gasteiger partial charge in [-0.25, -0.2) is 8.42 Å². The van der Waals surface area contributed by atoms with E-state index in [1.165, 1.54) is 4.31 Å². The molecule has 8 heteroatoms. The summed E-state index contributed by atoms with van der Waals surface area (Å²) in [6.07, 6.45) is 2.57. The highest BCUT2D eigenvalue weighted by Gasteiger charge is 2.34. The topological polar surface area (TPSA) is 75.5 Å². The van der Waals surface area contributed by atoms with Crippen LogP contribution in [-0.4, -0.2) is 52.9 Å². The van der Waals surface area contributed by atoms with Gasteiger partial charge in [-0.1, -0.05) is 18.2 Å². The van der Waals surface area contributed by atoms with Crippen LogP contribution in [0.3, 0.4) is 0 Å². The van der Waals surface area contributed by atoms with E-state index in [1.807, 2.05) is 11.9 Å². The molecule has 1 amide bonds. The lowest BCUT2D eigenvalue weighted by Crippen LogP contribution is -2.37. The summed E-state index contributed by atoms with van der Waals surface area (Å²) in [6.45, 7) is 2.07. The van der Waals surface area contributed by atoms with Crippen LogP contribution in [0.4, 0.5) is 0 Å². The van der Waals surface area contributed by atoms with Crippen LogP contribution in [0.1, 0.15) is 34.6 Å². The Bertz CT molecular complexity index is 931. The zero-order chi connectivity index (χ0) is 18.3. The van der Waals surface area contributed by atoms with Gasteiger partial charge >= 0.3 is 0 Å². The van der Waals surface area contributed by atoms with Crippen LogP contribution in [0, 0.1) is 0 Å². The summed E-state index contributed by atoms with van der Waals surface area (Å²) in [6, 6.07) is 8.43. The molecule has 0 radical (unpaired) electrons. The van der Waals surface area contributed by atoms with Crippen molar-refractivity contribution in [3.8, 4) is 0 Å². The monoisotopic (exact) mass is 374 g/mol. The minimum Gasteiger partial charge on any atom is -0.337 e. The third-order valence-electron chi connectivity index (χ3n) is 5.18. The lowest BCUT2D eigenvalue weighted by Gasteiger charge is -2.27. The van der Waals surface area contributed by atoms with Gasteiger partial charge in [-0.2, -0.15) is 9.40 Å². The van der Waals surface area contributed by atoms with E-state index in [0.717, 1.165) is 37.2 Å². The smallest absolute Gasteiger partial charge is 0.274 e. The number of likely N-dealkylation sites (tertiary alicyclic amines) is 1. The molecular formula is C18H22N4O3S. The maximum Gasteiger partial charge on any atom is 0.274 e. The lowest BCUT2D eigenvalue weighted by molar-refractivity contribution is 0.0784. The first-order valence-corrected chi connectivity index (χ1v) is 10.3. The highest BCUT2D eigenvalue weighted by Crippen LogP contribution is 2.28. The number of rotatable bonds is 3. The van der Waals surface area contributed by atoms with Gasteiger partial charge in [0.15, 0.2) is 5.69 Å². The van der Waals surface area contributed by atoms with Gasteiger partial charge in [0.2, 0.25) is 10.0 Å². The van der Waals surface area contributed by atoms with Crippen molar-refractivity contribution in [3.63, 3.8) is 0 Å². The molecule has 1 aromatic heterocycles. The van der Waals surface area contributed by atoms with Crippen molar-refractivity contribution in [1.82, 2.24) is 19.0 Å². The summed E-state index contributed by atoms with van der Waals surface area (Å²) in [7, 11) is -1.77. The molecule has 26 heavy (non-hydrogen) atoms. The first-order valence-electron chi connectivity index (χ1n) is 8.87. The summed E-state index contributed by atoms with van der Waals surface area (Å²) in [5.74, 6) is -0.0849. The molecule has 1 fully saturated rings. The number of carbonyl (C=O) groups excluding carboxylic acids is 1. The molecule has 0 N–H and O–H groups in total. The number of aryl methyl sites for hydroxylation is 1. The van der Waals surface area contributed by atoms with Crippen LogP contribution >= 0.6 is 0 Å². The van der Waals surface area contributed by atoms with Gasteiger partial charge in [0.05, 0.1) is 4.90 Å². The fourth-order valence-corrected chi connectivity index (χ4v) is 5.19. The third-order valence-corrected chi connectivity index (χ3v) is 7.04. The van der Waals surface area contributed by atoms with E-state index in [4.69, 9.17) is 0 Å². The maximum absolute atomic E-state index is 12.9. The number of benzene rings is 1. The quantitative estimate of drug-likeness (QED) is 0.814. The molecule has 0 unspecified atom stereocenters. The molecule has 4 rings (SSSR count). The number of hydrogen-bond acceptors (Lipinski definition) is 4. The number of fused-ring (bicyclic) bond motifs is 1. The molecule has 2 aliphatic heterocycles. The molecule has 138 valence electrons. The summed E-state index contributed by atoms with van der Waals surface area (Å²) in [5.41, 5.74) is 2.10. The SMILES string of the molecule is Cn1nc(C(=O)N2CCCC2)c2c1CCN(S(=O)(=O)c1ccccc1)C2. The average molecular weight is 374 g/mol. The standard InChI is InChI=1S/C18H22N4O3S/c1-20-16-9-12-22(26(24,25)14-7-3-2-4-8-14)13-15(16)17(19-20)18(23)21-10-5-6-11-21/h2-4,7-8H,5-6,9-13H2,1H3. The van der Waals surface area contributed by atoms with Crippen molar-refractivity contribution in [2.75, 3.05) is 19.6 Å². The summed E-state index contributed by atoms with van der Waals surface area (Å²) < 4.78 is 29.1. The average Bonchev–Trinajstić information content (AvgIpc) is 3.30. The minimum atomic E-state index is -3.59. The fourth-order valence-electron chi connectivity index (χ4n) is 3.76. The molecule has 1 saturated heterocycles. The van der Waals surface area contributed by atoms with Gasteiger partial charge in [-0.15, -0.1) is 0 Å². The molecule has 2 aromatic rings. The fraction of sp³-hybridized carbons (Fsp3) is 0.444. The highest BCUT2D eigenvalue weighted by molar-refractivity contribution is 7.89. The van der Waals surface area contributed by atoms with Crippen LogP contribution in [0.25, 0.3) is 0 Å². The van der Waals surface area contributed by atoms with Gasteiger partial charge < -0.3 is 4.90 Å². The largest absolute Gasteiger partial charge is 0.337 e. The van der Waals surface area contributed by atoms with E-state index < -0.39 is 10.0 Å². The molecule has 1 aromatic carbocycles. The van der Waals surface area contributed by atoms with Crippen LogP contribution in [0.2, 0.25) is 0 Å². The molecule has 3 heterocycles. The number of nitrogens with zero attached hydrogens (tertiary/aromatic N) is 4. The molecule has 0 saturated carbocycles. The Morgan fingerprint density at radius 2 is 1.77 bits per heavy atom. The Morgan fingerprint density at radius 3 is 2.46 bits per heavy atom. The number of sulfonamides is 1. The second-order valence-electron chi connectivity index (χ2n) is 6.80. The summed E-state index contributed by atoms with van der Waals surface area (Å²) >= 11 is 0. The van der Waals surface area contributed by atoms with Crippen LogP contribution in [0.5, 0.6) is 0 Å². The van der Waals surface area contributed by atoms with Crippen molar-refractivity contribution in [3.05, 3.63) is 47.3 Å². The normalized spacial score (nSPS) is 18.1. The summed E-state index contributed by atoms with van der Waals surface area (Å²) in [4.78, 5) is 14.9.